The van der Waals surface area contributed by atoms with Gasteiger partial charge in [-0.05, 0) is 35.7 Å². The smallest absolute Gasteiger partial charge is 0.0922 e. The topological polar surface area (TPSA) is 32.3 Å². The van der Waals surface area contributed by atoms with Crippen LogP contribution in [0.4, 0.5) is 0 Å². The van der Waals surface area contributed by atoms with Gasteiger partial charge in [0.1, 0.15) is 0 Å². The van der Waals surface area contributed by atoms with Gasteiger partial charge in [0.25, 0.3) is 0 Å². The Morgan fingerprint density at radius 2 is 2.33 bits per heavy atom. The van der Waals surface area contributed by atoms with Crippen molar-refractivity contribution in [2.24, 2.45) is 0 Å². The Kier molecular flexibility index (Phi) is 5.91. The SMILES string of the molecule is CCCCC(C)NCC(O)c1ccsc1. The molecule has 1 aromatic heterocycles. The standard InChI is InChI=1S/C12H21NOS/c1-3-4-5-10(2)13-8-12(14)11-6-7-15-9-11/h6-7,9-10,12-14H,3-5,8H2,1-2H3. The normalized spacial score (nSPS) is 15.1. The van der Waals surface area contributed by atoms with Crippen molar-refractivity contribution in [3.05, 3.63) is 22.4 Å². The summed E-state index contributed by atoms with van der Waals surface area (Å²) in [6, 6.07) is 2.48. The van der Waals surface area contributed by atoms with Gasteiger partial charge < -0.3 is 10.4 Å². The van der Waals surface area contributed by atoms with Crippen molar-refractivity contribution < 1.29 is 5.11 Å². The zero-order valence-electron chi connectivity index (χ0n) is 9.57. The van der Waals surface area contributed by atoms with Crippen LogP contribution in [0.2, 0.25) is 0 Å². The van der Waals surface area contributed by atoms with E-state index in [4.69, 9.17) is 0 Å². The molecule has 0 aliphatic heterocycles. The van der Waals surface area contributed by atoms with Crippen LogP contribution in [0.1, 0.15) is 44.8 Å². The summed E-state index contributed by atoms with van der Waals surface area (Å²) < 4.78 is 0. The fraction of sp³-hybridized carbons (Fsp3) is 0.667. The van der Waals surface area contributed by atoms with Gasteiger partial charge in [-0.15, -0.1) is 0 Å². The summed E-state index contributed by atoms with van der Waals surface area (Å²) in [5.74, 6) is 0. The molecule has 2 atom stereocenters. The number of rotatable bonds is 7. The van der Waals surface area contributed by atoms with Crippen LogP contribution in [0.15, 0.2) is 16.8 Å². The van der Waals surface area contributed by atoms with Crippen LogP contribution in [-0.4, -0.2) is 17.7 Å². The van der Waals surface area contributed by atoms with Gasteiger partial charge in [0.2, 0.25) is 0 Å². The molecular formula is C12H21NOS. The lowest BCUT2D eigenvalue weighted by Crippen LogP contribution is -2.30. The highest BCUT2D eigenvalue weighted by Gasteiger charge is 2.09. The number of aliphatic hydroxyl groups excluding tert-OH is 1. The average molecular weight is 227 g/mol. The third-order valence-electron chi connectivity index (χ3n) is 2.58. The molecule has 3 heteroatoms. The molecule has 15 heavy (non-hydrogen) atoms. The first kappa shape index (κ1) is 12.7. The molecule has 0 saturated heterocycles. The highest BCUT2D eigenvalue weighted by molar-refractivity contribution is 7.07. The van der Waals surface area contributed by atoms with Gasteiger partial charge >= 0.3 is 0 Å². The largest absolute Gasteiger partial charge is 0.387 e. The Morgan fingerprint density at radius 3 is 2.93 bits per heavy atom. The number of aliphatic hydroxyl groups is 1. The zero-order chi connectivity index (χ0) is 11.1. The predicted molar refractivity (Wildman–Crippen MR) is 66.3 cm³/mol. The van der Waals surface area contributed by atoms with Gasteiger partial charge in [0.05, 0.1) is 6.10 Å². The minimum atomic E-state index is -0.361. The second kappa shape index (κ2) is 6.99. The Labute approximate surface area is 96.3 Å². The molecular weight excluding hydrogens is 206 g/mol. The van der Waals surface area contributed by atoms with Crippen molar-refractivity contribution in [3.63, 3.8) is 0 Å². The molecule has 0 bridgehead atoms. The molecule has 0 saturated carbocycles. The summed E-state index contributed by atoms with van der Waals surface area (Å²) in [5, 5.41) is 17.2. The molecule has 0 aromatic carbocycles. The fourth-order valence-electron chi connectivity index (χ4n) is 1.51. The summed E-state index contributed by atoms with van der Waals surface area (Å²) in [7, 11) is 0. The van der Waals surface area contributed by atoms with Gasteiger partial charge in [-0.2, -0.15) is 11.3 Å². The van der Waals surface area contributed by atoms with Gasteiger partial charge in [-0.25, -0.2) is 0 Å². The van der Waals surface area contributed by atoms with E-state index in [1.165, 1.54) is 19.3 Å². The molecule has 86 valence electrons. The van der Waals surface area contributed by atoms with E-state index in [0.717, 1.165) is 5.56 Å². The summed E-state index contributed by atoms with van der Waals surface area (Å²) >= 11 is 1.63. The Balaban J connectivity index is 2.19. The molecule has 0 radical (unpaired) electrons. The van der Waals surface area contributed by atoms with E-state index >= 15 is 0 Å². The van der Waals surface area contributed by atoms with Crippen LogP contribution in [0, 0.1) is 0 Å². The maximum Gasteiger partial charge on any atom is 0.0922 e. The maximum atomic E-state index is 9.83. The lowest BCUT2D eigenvalue weighted by molar-refractivity contribution is 0.170. The zero-order valence-corrected chi connectivity index (χ0v) is 10.4. The van der Waals surface area contributed by atoms with E-state index in [2.05, 4.69) is 19.2 Å². The first-order chi connectivity index (χ1) is 7.24. The van der Waals surface area contributed by atoms with Crippen LogP contribution in [0.5, 0.6) is 0 Å². The maximum absolute atomic E-state index is 9.83. The minimum Gasteiger partial charge on any atom is -0.387 e. The van der Waals surface area contributed by atoms with Crippen molar-refractivity contribution in [3.8, 4) is 0 Å². The fourth-order valence-corrected chi connectivity index (χ4v) is 2.21. The third kappa shape index (κ3) is 4.78. The van der Waals surface area contributed by atoms with Crippen LogP contribution in [0.25, 0.3) is 0 Å². The number of nitrogens with one attached hydrogen (secondary N) is 1. The first-order valence-corrected chi connectivity index (χ1v) is 6.61. The molecule has 2 unspecified atom stereocenters. The average Bonchev–Trinajstić information content (AvgIpc) is 2.76. The van der Waals surface area contributed by atoms with Crippen molar-refractivity contribution in [1.29, 1.82) is 0 Å². The Morgan fingerprint density at radius 1 is 1.53 bits per heavy atom. The lowest BCUT2D eigenvalue weighted by Gasteiger charge is -2.16. The Hall–Kier alpha value is -0.380. The number of hydrogen-bond donors (Lipinski definition) is 2. The van der Waals surface area contributed by atoms with Crippen molar-refractivity contribution in [1.82, 2.24) is 5.32 Å². The highest BCUT2D eigenvalue weighted by Crippen LogP contribution is 2.15. The van der Waals surface area contributed by atoms with Crippen LogP contribution in [-0.2, 0) is 0 Å². The molecule has 2 N–H and O–H groups in total. The van der Waals surface area contributed by atoms with Gasteiger partial charge in [0.15, 0.2) is 0 Å². The number of unbranched alkanes of at least 4 members (excludes halogenated alkanes) is 1. The minimum absolute atomic E-state index is 0.361. The van der Waals surface area contributed by atoms with Crippen LogP contribution in [0.3, 0.4) is 0 Å². The molecule has 0 amide bonds. The first-order valence-electron chi connectivity index (χ1n) is 5.67. The van der Waals surface area contributed by atoms with Crippen LogP contribution >= 0.6 is 11.3 Å². The molecule has 0 aliphatic carbocycles. The summed E-state index contributed by atoms with van der Waals surface area (Å²) in [6.07, 6.45) is 3.31. The second-order valence-corrected chi connectivity index (χ2v) is 4.80. The number of thiophene rings is 1. The monoisotopic (exact) mass is 227 g/mol. The molecule has 0 spiro atoms. The van der Waals surface area contributed by atoms with Crippen molar-refractivity contribution >= 4 is 11.3 Å². The van der Waals surface area contributed by atoms with Crippen molar-refractivity contribution in [2.45, 2.75) is 45.3 Å². The lowest BCUT2D eigenvalue weighted by atomic mass is 10.1. The molecule has 2 nitrogen and oxygen atoms in total. The second-order valence-electron chi connectivity index (χ2n) is 4.02. The highest BCUT2D eigenvalue weighted by atomic mass is 32.1. The molecule has 1 rings (SSSR count). The van der Waals surface area contributed by atoms with Crippen molar-refractivity contribution in [2.75, 3.05) is 6.54 Å². The molecule has 0 aliphatic rings. The molecule has 1 heterocycles. The number of hydrogen-bond acceptors (Lipinski definition) is 3. The molecule has 0 fully saturated rings. The quantitative estimate of drug-likeness (QED) is 0.750. The third-order valence-corrected chi connectivity index (χ3v) is 3.28. The Bertz CT molecular complexity index is 248. The summed E-state index contributed by atoms with van der Waals surface area (Å²) in [6.45, 7) is 5.03. The molecule has 1 aromatic rings. The van der Waals surface area contributed by atoms with E-state index < -0.39 is 0 Å². The predicted octanol–water partition coefficient (Wildman–Crippen LogP) is 2.95. The van der Waals surface area contributed by atoms with Gasteiger partial charge in [0, 0.05) is 12.6 Å². The van der Waals surface area contributed by atoms with E-state index in [0.29, 0.717) is 12.6 Å². The van der Waals surface area contributed by atoms with E-state index in [-0.39, 0.29) is 6.10 Å². The van der Waals surface area contributed by atoms with Crippen LogP contribution < -0.4 is 5.32 Å². The summed E-state index contributed by atoms with van der Waals surface area (Å²) in [4.78, 5) is 0. The summed E-state index contributed by atoms with van der Waals surface area (Å²) in [5.41, 5.74) is 1.02. The van der Waals surface area contributed by atoms with Gasteiger partial charge in [-0.1, -0.05) is 19.8 Å². The van der Waals surface area contributed by atoms with E-state index in [1.807, 2.05) is 16.8 Å². The van der Waals surface area contributed by atoms with E-state index in [1.54, 1.807) is 11.3 Å². The van der Waals surface area contributed by atoms with E-state index in [9.17, 15) is 5.11 Å². The van der Waals surface area contributed by atoms with Gasteiger partial charge in [-0.3, -0.25) is 0 Å².